The lowest BCUT2D eigenvalue weighted by atomic mass is 9.79. The molecule has 0 saturated heterocycles. The van der Waals surface area contributed by atoms with Gasteiger partial charge in [0.25, 0.3) is 5.91 Å². The van der Waals surface area contributed by atoms with Crippen LogP contribution in [0.4, 0.5) is 0 Å². The van der Waals surface area contributed by atoms with Crippen LogP contribution < -0.4 is 4.87 Å². The van der Waals surface area contributed by atoms with E-state index in [2.05, 4.69) is 5.10 Å². The van der Waals surface area contributed by atoms with E-state index < -0.39 is 24.5 Å². The summed E-state index contributed by atoms with van der Waals surface area (Å²) in [6, 6.07) is 6.88. The maximum atomic E-state index is 13.2. The van der Waals surface area contributed by atoms with Gasteiger partial charge in [0.1, 0.15) is 24.1 Å². The Bertz CT molecular complexity index is 1300. The number of hydrogen-bond acceptors (Lipinski definition) is 8. The first-order valence-electron chi connectivity index (χ1n) is 11.0. The average Bonchev–Trinajstić information content (AvgIpc) is 3.62. The van der Waals surface area contributed by atoms with Gasteiger partial charge in [-0.25, -0.2) is 5.01 Å². The lowest BCUT2D eigenvalue weighted by molar-refractivity contribution is -0.153. The Kier molecular flexibility index (Phi) is 6.06. The highest BCUT2D eigenvalue weighted by Crippen LogP contribution is 2.44. The number of allylic oxidation sites excluding steroid dienone is 1. The van der Waals surface area contributed by atoms with Crippen molar-refractivity contribution in [3.05, 3.63) is 74.6 Å². The molecule has 1 amide bonds. The number of rotatable bonds is 6. The number of esters is 1. The van der Waals surface area contributed by atoms with Crippen molar-refractivity contribution >= 4 is 35.0 Å². The maximum Gasteiger partial charge on any atom is 0.326 e. The van der Waals surface area contributed by atoms with Gasteiger partial charge < -0.3 is 13.6 Å². The normalized spacial score (nSPS) is 20.9. The Morgan fingerprint density at radius 3 is 2.79 bits per heavy atom. The van der Waals surface area contributed by atoms with Crippen LogP contribution in [0.5, 0.6) is 0 Å². The SMILES string of the molecule is Cc1csc(=O)n1CC(=O)OCC(=O)N1N=C2/C(=C/c3ccco3)CCCC2C1c1ccco1. The molecule has 34 heavy (non-hydrogen) atoms. The lowest BCUT2D eigenvalue weighted by Gasteiger charge is -2.27. The Morgan fingerprint density at radius 1 is 1.26 bits per heavy atom. The van der Waals surface area contributed by atoms with Gasteiger partial charge in [-0.1, -0.05) is 11.3 Å². The van der Waals surface area contributed by atoms with Crippen LogP contribution in [0, 0.1) is 12.8 Å². The van der Waals surface area contributed by atoms with Crippen molar-refractivity contribution in [3.8, 4) is 0 Å². The van der Waals surface area contributed by atoms with Gasteiger partial charge in [0.15, 0.2) is 6.61 Å². The first-order valence-corrected chi connectivity index (χ1v) is 11.9. The minimum atomic E-state index is -0.658. The number of amides is 1. The van der Waals surface area contributed by atoms with Gasteiger partial charge in [0, 0.05) is 17.0 Å². The summed E-state index contributed by atoms with van der Waals surface area (Å²) < 4.78 is 17.7. The standard InChI is InChI=1S/C24H23N3O6S/c1-15-14-34-24(30)26(15)12-21(29)33-13-20(28)27-23(19-8-4-10-32-19)18-7-2-5-16(22(18)25-27)11-17-6-3-9-31-17/h3-4,6,8-11,14,18,23H,2,5,7,12-13H2,1H3/b16-11+. The van der Waals surface area contributed by atoms with Crippen LogP contribution in [0.2, 0.25) is 0 Å². The average molecular weight is 482 g/mol. The van der Waals surface area contributed by atoms with Crippen LogP contribution in [0.3, 0.4) is 0 Å². The number of nitrogens with zero attached hydrogens (tertiary/aromatic N) is 3. The van der Waals surface area contributed by atoms with Crippen LogP contribution >= 0.6 is 11.3 Å². The van der Waals surface area contributed by atoms with Gasteiger partial charge in [-0.3, -0.25) is 19.0 Å². The fourth-order valence-electron chi connectivity index (χ4n) is 4.47. The van der Waals surface area contributed by atoms with E-state index in [9.17, 15) is 14.4 Å². The molecule has 176 valence electrons. The number of hydrogen-bond donors (Lipinski definition) is 0. The number of hydrazone groups is 1. The minimum Gasteiger partial charge on any atom is -0.467 e. The molecule has 4 heterocycles. The molecule has 0 bridgehead atoms. The van der Waals surface area contributed by atoms with Gasteiger partial charge in [-0.2, -0.15) is 5.10 Å². The third-order valence-electron chi connectivity index (χ3n) is 6.07. The smallest absolute Gasteiger partial charge is 0.326 e. The first kappa shape index (κ1) is 22.1. The second-order valence-electron chi connectivity index (χ2n) is 8.26. The number of aromatic nitrogens is 1. The van der Waals surface area contributed by atoms with Gasteiger partial charge in [-0.05, 0) is 62.1 Å². The molecular weight excluding hydrogens is 458 g/mol. The Balaban J connectivity index is 1.36. The van der Waals surface area contributed by atoms with E-state index in [0.29, 0.717) is 11.5 Å². The van der Waals surface area contributed by atoms with Gasteiger partial charge in [0.05, 0.1) is 18.2 Å². The van der Waals surface area contributed by atoms with Gasteiger partial charge in [0.2, 0.25) is 0 Å². The van der Waals surface area contributed by atoms with Crippen LogP contribution in [0.15, 0.2) is 66.5 Å². The third kappa shape index (κ3) is 4.28. The molecule has 1 aliphatic heterocycles. The van der Waals surface area contributed by atoms with Crippen molar-refractivity contribution in [1.82, 2.24) is 9.58 Å². The molecule has 9 nitrogen and oxygen atoms in total. The summed E-state index contributed by atoms with van der Waals surface area (Å²) in [7, 11) is 0. The molecule has 2 aliphatic rings. The van der Waals surface area contributed by atoms with E-state index in [0.717, 1.165) is 47.6 Å². The molecule has 5 rings (SSSR count). The predicted octanol–water partition coefficient (Wildman–Crippen LogP) is 3.77. The van der Waals surface area contributed by atoms with Gasteiger partial charge >= 0.3 is 10.8 Å². The van der Waals surface area contributed by atoms with E-state index in [-0.39, 0.29) is 17.3 Å². The number of thiazole rings is 1. The fourth-order valence-corrected chi connectivity index (χ4v) is 5.20. The second kappa shape index (κ2) is 9.30. The zero-order chi connectivity index (χ0) is 23.7. The number of carbonyl (C=O) groups excluding carboxylic acids is 2. The topological polar surface area (TPSA) is 107 Å². The molecule has 0 radical (unpaired) electrons. The largest absolute Gasteiger partial charge is 0.467 e. The number of fused-ring (bicyclic) bond motifs is 1. The van der Waals surface area contributed by atoms with Crippen molar-refractivity contribution in [3.63, 3.8) is 0 Å². The van der Waals surface area contributed by atoms with Crippen LogP contribution in [0.25, 0.3) is 6.08 Å². The monoisotopic (exact) mass is 481 g/mol. The number of ether oxygens (including phenoxy) is 1. The molecule has 1 saturated carbocycles. The van der Waals surface area contributed by atoms with Crippen LogP contribution in [-0.2, 0) is 20.9 Å². The van der Waals surface area contributed by atoms with E-state index in [1.54, 1.807) is 30.9 Å². The van der Waals surface area contributed by atoms with E-state index in [1.165, 1.54) is 9.58 Å². The zero-order valence-corrected chi connectivity index (χ0v) is 19.3. The summed E-state index contributed by atoms with van der Waals surface area (Å²) in [4.78, 5) is 37.1. The van der Waals surface area contributed by atoms with Crippen molar-refractivity contribution in [2.24, 2.45) is 11.0 Å². The molecule has 2 unspecified atom stereocenters. The number of carbonyl (C=O) groups is 2. The molecule has 1 fully saturated rings. The lowest BCUT2D eigenvalue weighted by Crippen LogP contribution is -2.35. The minimum absolute atomic E-state index is 0.0344. The Labute approximate surface area is 198 Å². The summed E-state index contributed by atoms with van der Waals surface area (Å²) in [5, 5.41) is 7.72. The quantitative estimate of drug-likeness (QED) is 0.496. The molecular formula is C24H23N3O6S. The van der Waals surface area contributed by atoms with Crippen molar-refractivity contribution in [2.75, 3.05) is 6.61 Å². The van der Waals surface area contributed by atoms with Crippen molar-refractivity contribution in [2.45, 2.75) is 38.8 Å². The van der Waals surface area contributed by atoms with E-state index in [1.807, 2.05) is 24.3 Å². The highest BCUT2D eigenvalue weighted by atomic mass is 32.1. The van der Waals surface area contributed by atoms with Crippen molar-refractivity contribution in [1.29, 1.82) is 0 Å². The van der Waals surface area contributed by atoms with Crippen LogP contribution in [0.1, 0.15) is 42.5 Å². The molecule has 10 heteroatoms. The number of furan rings is 2. The molecule has 0 spiro atoms. The molecule has 1 aliphatic carbocycles. The number of aryl methyl sites for hydroxylation is 1. The molecule has 3 aromatic heterocycles. The summed E-state index contributed by atoms with van der Waals surface area (Å²) >= 11 is 1.01. The van der Waals surface area contributed by atoms with Crippen molar-refractivity contribution < 1.29 is 23.2 Å². The van der Waals surface area contributed by atoms with E-state index in [4.69, 9.17) is 13.6 Å². The Morgan fingerprint density at radius 2 is 2.09 bits per heavy atom. The summed E-state index contributed by atoms with van der Waals surface area (Å²) in [5.74, 6) is 0.207. The summed E-state index contributed by atoms with van der Waals surface area (Å²) in [6.07, 6.45) is 7.76. The Hall–Kier alpha value is -3.66. The molecule has 0 N–H and O–H groups in total. The van der Waals surface area contributed by atoms with Gasteiger partial charge in [-0.15, -0.1) is 0 Å². The summed E-state index contributed by atoms with van der Waals surface area (Å²) in [6.45, 7) is 1.02. The highest BCUT2D eigenvalue weighted by Gasteiger charge is 2.45. The molecule has 2 atom stereocenters. The van der Waals surface area contributed by atoms with Crippen LogP contribution in [-0.4, -0.2) is 33.8 Å². The predicted molar refractivity (Wildman–Crippen MR) is 124 cm³/mol. The molecule has 0 aromatic carbocycles. The van der Waals surface area contributed by atoms with E-state index >= 15 is 0 Å². The first-order chi connectivity index (χ1) is 16.5. The second-order valence-corrected chi connectivity index (χ2v) is 9.08. The third-order valence-corrected chi connectivity index (χ3v) is 6.95. The summed E-state index contributed by atoms with van der Waals surface area (Å²) in [5.41, 5.74) is 2.51. The maximum absolute atomic E-state index is 13.2. The zero-order valence-electron chi connectivity index (χ0n) is 18.5. The molecule has 3 aromatic rings. The highest BCUT2D eigenvalue weighted by molar-refractivity contribution is 7.07. The fraction of sp³-hybridized carbons (Fsp3) is 0.333.